The van der Waals surface area contributed by atoms with Gasteiger partial charge in [0.1, 0.15) is 16.3 Å². The zero-order valence-electron chi connectivity index (χ0n) is 16.5. The molecular formula is C21H24N4O3S. The van der Waals surface area contributed by atoms with Crippen molar-refractivity contribution in [2.24, 2.45) is 7.05 Å². The summed E-state index contributed by atoms with van der Waals surface area (Å²) >= 11 is 0. The molecule has 0 N–H and O–H groups in total. The standard InChI is InChI=1S/C21H24N4O3S/c1-23-16-20(21(22-23)17-8-4-3-5-9-17)29(26,27)25-14-12-24(13-15-25)18-10-6-7-11-19(18)28-2/h3-11,16H,12-15H2,1-2H3. The van der Waals surface area contributed by atoms with E-state index in [-0.39, 0.29) is 4.90 Å². The molecule has 7 nitrogen and oxygen atoms in total. The van der Waals surface area contributed by atoms with E-state index >= 15 is 0 Å². The Balaban J connectivity index is 1.58. The maximum atomic E-state index is 13.4. The van der Waals surface area contributed by atoms with Crippen LogP contribution < -0.4 is 9.64 Å². The quantitative estimate of drug-likeness (QED) is 0.644. The van der Waals surface area contributed by atoms with Crippen molar-refractivity contribution >= 4 is 15.7 Å². The molecule has 0 atom stereocenters. The van der Waals surface area contributed by atoms with E-state index in [2.05, 4.69) is 10.00 Å². The van der Waals surface area contributed by atoms with Crippen molar-refractivity contribution in [3.63, 3.8) is 0 Å². The van der Waals surface area contributed by atoms with E-state index in [0.717, 1.165) is 17.0 Å². The number of aromatic nitrogens is 2. The highest BCUT2D eigenvalue weighted by Gasteiger charge is 2.32. The number of sulfonamides is 1. The number of para-hydroxylation sites is 2. The summed E-state index contributed by atoms with van der Waals surface area (Å²) in [6.45, 7) is 2.01. The second-order valence-corrected chi connectivity index (χ2v) is 8.85. The number of benzene rings is 2. The molecule has 0 unspecified atom stereocenters. The molecule has 1 aliphatic rings. The average Bonchev–Trinajstić information content (AvgIpc) is 3.17. The highest BCUT2D eigenvalue weighted by atomic mass is 32.2. The molecule has 1 saturated heterocycles. The fourth-order valence-corrected chi connectivity index (χ4v) is 5.26. The lowest BCUT2D eigenvalue weighted by atomic mass is 10.2. The van der Waals surface area contributed by atoms with Crippen molar-refractivity contribution < 1.29 is 13.2 Å². The van der Waals surface area contributed by atoms with E-state index in [1.807, 2.05) is 54.6 Å². The van der Waals surface area contributed by atoms with Gasteiger partial charge in [-0.1, -0.05) is 42.5 Å². The van der Waals surface area contributed by atoms with Gasteiger partial charge in [0.15, 0.2) is 0 Å². The van der Waals surface area contributed by atoms with Crippen LogP contribution in [0.4, 0.5) is 5.69 Å². The average molecular weight is 413 g/mol. The highest BCUT2D eigenvalue weighted by molar-refractivity contribution is 7.89. The molecule has 2 aromatic carbocycles. The van der Waals surface area contributed by atoms with Crippen LogP contribution in [0, 0.1) is 0 Å². The van der Waals surface area contributed by atoms with Crippen molar-refractivity contribution in [3.05, 3.63) is 60.8 Å². The predicted molar refractivity (Wildman–Crippen MR) is 113 cm³/mol. The van der Waals surface area contributed by atoms with Crippen molar-refractivity contribution in [2.45, 2.75) is 4.90 Å². The van der Waals surface area contributed by atoms with E-state index in [1.165, 1.54) is 0 Å². The van der Waals surface area contributed by atoms with Crippen LogP contribution >= 0.6 is 0 Å². The first-order valence-corrected chi connectivity index (χ1v) is 10.9. The van der Waals surface area contributed by atoms with E-state index in [1.54, 1.807) is 29.3 Å². The predicted octanol–water partition coefficient (Wildman–Crippen LogP) is 2.61. The Bertz CT molecular complexity index is 1090. The smallest absolute Gasteiger partial charge is 0.246 e. The van der Waals surface area contributed by atoms with E-state index in [4.69, 9.17) is 4.74 Å². The second kappa shape index (κ2) is 7.88. The van der Waals surface area contributed by atoms with Crippen LogP contribution in [0.5, 0.6) is 5.75 Å². The van der Waals surface area contributed by atoms with Gasteiger partial charge in [0.05, 0.1) is 12.8 Å². The molecule has 0 radical (unpaired) electrons. The van der Waals surface area contributed by atoms with Crippen LogP contribution in [0.25, 0.3) is 11.3 Å². The highest BCUT2D eigenvalue weighted by Crippen LogP contribution is 2.31. The first-order chi connectivity index (χ1) is 14.0. The Morgan fingerprint density at radius 3 is 2.28 bits per heavy atom. The molecule has 3 aromatic rings. The molecule has 0 spiro atoms. The Morgan fingerprint density at radius 1 is 0.931 bits per heavy atom. The van der Waals surface area contributed by atoms with Gasteiger partial charge in [0.2, 0.25) is 10.0 Å². The minimum atomic E-state index is -3.65. The van der Waals surface area contributed by atoms with Crippen molar-refractivity contribution in [1.82, 2.24) is 14.1 Å². The van der Waals surface area contributed by atoms with Crippen LogP contribution in [-0.2, 0) is 17.1 Å². The number of ether oxygens (including phenoxy) is 1. The molecule has 0 saturated carbocycles. The summed E-state index contributed by atoms with van der Waals surface area (Å²) in [7, 11) is -0.262. The normalized spacial score (nSPS) is 15.4. The summed E-state index contributed by atoms with van der Waals surface area (Å²) in [5.41, 5.74) is 2.26. The van der Waals surface area contributed by atoms with Crippen LogP contribution in [0.2, 0.25) is 0 Å². The van der Waals surface area contributed by atoms with Gasteiger partial charge in [0, 0.05) is 45.0 Å². The number of methoxy groups -OCH3 is 1. The minimum absolute atomic E-state index is 0.247. The summed E-state index contributed by atoms with van der Waals surface area (Å²) in [5.74, 6) is 0.794. The van der Waals surface area contributed by atoms with Gasteiger partial charge in [0.25, 0.3) is 0 Å². The summed E-state index contributed by atoms with van der Waals surface area (Å²) in [4.78, 5) is 2.41. The zero-order valence-corrected chi connectivity index (χ0v) is 17.3. The topological polar surface area (TPSA) is 67.7 Å². The number of anilines is 1. The lowest BCUT2D eigenvalue weighted by Crippen LogP contribution is -2.48. The van der Waals surface area contributed by atoms with Crippen molar-refractivity contribution in [2.75, 3.05) is 38.2 Å². The molecule has 1 fully saturated rings. The van der Waals surface area contributed by atoms with Crippen molar-refractivity contribution in [3.8, 4) is 17.0 Å². The number of aryl methyl sites for hydroxylation is 1. The summed E-state index contributed by atoms with van der Waals surface area (Å²) in [5, 5.41) is 4.41. The molecular weight excluding hydrogens is 388 g/mol. The molecule has 1 aromatic heterocycles. The summed E-state index contributed by atoms with van der Waals surface area (Å²) in [6, 6.07) is 17.2. The fraction of sp³-hybridized carbons (Fsp3) is 0.286. The van der Waals surface area contributed by atoms with Crippen LogP contribution in [0.15, 0.2) is 65.7 Å². The number of piperazine rings is 1. The molecule has 4 rings (SSSR count). The summed E-state index contributed by atoms with van der Waals surface area (Å²) in [6.07, 6.45) is 1.59. The lowest BCUT2D eigenvalue weighted by molar-refractivity contribution is 0.378. The summed E-state index contributed by atoms with van der Waals surface area (Å²) < 4.78 is 35.3. The number of hydrogen-bond donors (Lipinski definition) is 0. The van der Waals surface area contributed by atoms with Gasteiger partial charge in [-0.3, -0.25) is 4.68 Å². The molecule has 0 aliphatic carbocycles. The largest absolute Gasteiger partial charge is 0.495 e. The van der Waals surface area contributed by atoms with E-state index < -0.39 is 10.0 Å². The number of rotatable bonds is 5. The Labute approximate surface area is 171 Å². The molecule has 0 bridgehead atoms. The van der Waals surface area contributed by atoms with Gasteiger partial charge in [-0.2, -0.15) is 9.40 Å². The molecule has 0 amide bonds. The van der Waals surface area contributed by atoms with Gasteiger partial charge < -0.3 is 9.64 Å². The maximum absolute atomic E-state index is 13.4. The third kappa shape index (κ3) is 3.73. The van der Waals surface area contributed by atoms with Crippen LogP contribution in [-0.4, -0.2) is 55.8 Å². The van der Waals surface area contributed by atoms with Gasteiger partial charge in [-0.05, 0) is 12.1 Å². The molecule has 2 heterocycles. The minimum Gasteiger partial charge on any atom is -0.495 e. The van der Waals surface area contributed by atoms with Gasteiger partial charge >= 0.3 is 0 Å². The van der Waals surface area contributed by atoms with E-state index in [9.17, 15) is 8.42 Å². The fourth-order valence-electron chi connectivity index (χ4n) is 3.65. The maximum Gasteiger partial charge on any atom is 0.246 e. The Hall–Kier alpha value is -2.84. The molecule has 29 heavy (non-hydrogen) atoms. The van der Waals surface area contributed by atoms with Crippen LogP contribution in [0.1, 0.15) is 0 Å². The monoisotopic (exact) mass is 412 g/mol. The molecule has 8 heteroatoms. The van der Waals surface area contributed by atoms with Crippen molar-refractivity contribution in [1.29, 1.82) is 0 Å². The second-order valence-electron chi connectivity index (χ2n) is 6.94. The SMILES string of the molecule is COc1ccccc1N1CCN(S(=O)(=O)c2cn(C)nc2-c2ccccc2)CC1. The first kappa shape index (κ1) is 19.5. The third-order valence-corrected chi connectivity index (χ3v) is 7.02. The van der Waals surface area contributed by atoms with Crippen LogP contribution in [0.3, 0.4) is 0 Å². The third-order valence-electron chi connectivity index (χ3n) is 5.12. The molecule has 1 aliphatic heterocycles. The van der Waals surface area contributed by atoms with Gasteiger partial charge in [-0.25, -0.2) is 8.42 Å². The zero-order chi connectivity index (χ0) is 20.4. The Kier molecular flexibility index (Phi) is 5.29. The number of nitrogens with zero attached hydrogens (tertiary/aromatic N) is 4. The van der Waals surface area contributed by atoms with E-state index in [0.29, 0.717) is 31.9 Å². The molecule has 152 valence electrons. The first-order valence-electron chi connectivity index (χ1n) is 9.48. The van der Waals surface area contributed by atoms with Gasteiger partial charge in [-0.15, -0.1) is 0 Å². The number of hydrogen-bond acceptors (Lipinski definition) is 5. The Morgan fingerprint density at radius 2 is 1.59 bits per heavy atom. The lowest BCUT2D eigenvalue weighted by Gasteiger charge is -2.35.